The number of nitriles is 1. The highest BCUT2D eigenvalue weighted by molar-refractivity contribution is 7.98. The van der Waals surface area contributed by atoms with Crippen LogP contribution in [0.4, 0.5) is 5.82 Å². The molecule has 1 saturated carbocycles. The summed E-state index contributed by atoms with van der Waals surface area (Å²) in [5.41, 5.74) is 0.929. The molecular weight excluding hydrogens is 248 g/mol. The maximum absolute atomic E-state index is 9.05. The number of hydrogen-bond donors (Lipinski definition) is 1. The van der Waals surface area contributed by atoms with Crippen LogP contribution in [0.3, 0.4) is 0 Å². The summed E-state index contributed by atoms with van der Waals surface area (Å²) in [5.74, 6) is 0.664. The summed E-state index contributed by atoms with van der Waals surface area (Å²) >= 11 is 1.48. The summed E-state index contributed by atoms with van der Waals surface area (Å²) in [6.45, 7) is 1.77. The predicted octanol–water partition coefficient (Wildman–Crippen LogP) is 1.66. The minimum atomic E-state index is 0.408. The molecule has 1 spiro atoms. The van der Waals surface area contributed by atoms with Crippen LogP contribution >= 0.6 is 11.8 Å². The Labute approximate surface area is 110 Å². The number of ether oxygens (including phenoxy) is 1. The van der Waals surface area contributed by atoms with Gasteiger partial charge in [0.1, 0.15) is 17.5 Å². The molecule has 1 aliphatic heterocycles. The van der Waals surface area contributed by atoms with Gasteiger partial charge in [0, 0.05) is 11.5 Å². The third-order valence-corrected chi connectivity index (χ3v) is 4.15. The lowest BCUT2D eigenvalue weighted by Crippen LogP contribution is -2.56. The van der Waals surface area contributed by atoms with Crippen LogP contribution in [0.2, 0.25) is 0 Å². The monoisotopic (exact) mass is 262 g/mol. The molecule has 1 N–H and O–H groups in total. The van der Waals surface area contributed by atoms with Crippen LogP contribution in [-0.4, -0.2) is 35.5 Å². The molecule has 0 aromatic carbocycles. The summed E-state index contributed by atoms with van der Waals surface area (Å²) in [4.78, 5) is 8.47. The average molecular weight is 262 g/mol. The molecule has 1 aromatic heterocycles. The standard InChI is InChI=1S/C12H14N4OS/c1-18-11-14-5-8(4-13)10(16-11)15-9-2-12(3-9)6-17-7-12/h5,9H,2-3,6-7H2,1H3,(H,14,15,16). The fourth-order valence-electron chi connectivity index (χ4n) is 2.56. The average Bonchev–Trinajstić information content (AvgIpc) is 2.30. The Morgan fingerprint density at radius 3 is 2.89 bits per heavy atom. The number of rotatable bonds is 3. The van der Waals surface area contributed by atoms with Gasteiger partial charge in [-0.2, -0.15) is 5.26 Å². The lowest BCUT2D eigenvalue weighted by atomic mass is 9.64. The second kappa shape index (κ2) is 4.41. The number of hydrogen-bond acceptors (Lipinski definition) is 6. The second-order valence-electron chi connectivity index (χ2n) is 4.97. The van der Waals surface area contributed by atoms with Crippen molar-refractivity contribution in [2.24, 2.45) is 5.41 Å². The molecule has 94 valence electrons. The van der Waals surface area contributed by atoms with Gasteiger partial charge in [0.05, 0.1) is 19.4 Å². The van der Waals surface area contributed by atoms with E-state index in [-0.39, 0.29) is 0 Å². The quantitative estimate of drug-likeness (QED) is 0.660. The highest BCUT2D eigenvalue weighted by atomic mass is 32.2. The van der Waals surface area contributed by atoms with Crippen molar-refractivity contribution in [1.29, 1.82) is 5.26 Å². The normalized spacial score (nSPS) is 20.9. The molecule has 1 aromatic rings. The largest absolute Gasteiger partial charge is 0.380 e. The Bertz CT molecular complexity index is 501. The maximum atomic E-state index is 9.05. The van der Waals surface area contributed by atoms with E-state index in [4.69, 9.17) is 10.00 Å². The summed E-state index contributed by atoms with van der Waals surface area (Å²) < 4.78 is 5.25. The zero-order chi connectivity index (χ0) is 12.6. The first-order chi connectivity index (χ1) is 8.74. The third-order valence-electron chi connectivity index (χ3n) is 3.59. The van der Waals surface area contributed by atoms with Crippen molar-refractivity contribution < 1.29 is 4.74 Å². The van der Waals surface area contributed by atoms with E-state index >= 15 is 0 Å². The summed E-state index contributed by atoms with van der Waals surface area (Å²) in [7, 11) is 0. The minimum absolute atomic E-state index is 0.408. The molecule has 18 heavy (non-hydrogen) atoms. The Balaban J connectivity index is 1.70. The van der Waals surface area contributed by atoms with Gasteiger partial charge in [0.2, 0.25) is 0 Å². The number of anilines is 1. The lowest BCUT2D eigenvalue weighted by molar-refractivity contribution is -0.159. The molecule has 0 amide bonds. The highest BCUT2D eigenvalue weighted by Gasteiger charge is 2.49. The van der Waals surface area contributed by atoms with E-state index < -0.39 is 0 Å². The van der Waals surface area contributed by atoms with Gasteiger partial charge in [-0.3, -0.25) is 0 Å². The molecule has 0 unspecified atom stereocenters. The lowest BCUT2D eigenvalue weighted by Gasteiger charge is -2.53. The number of nitrogens with one attached hydrogen (secondary N) is 1. The van der Waals surface area contributed by atoms with Crippen LogP contribution in [0, 0.1) is 16.7 Å². The molecule has 2 fully saturated rings. The van der Waals surface area contributed by atoms with Crippen molar-refractivity contribution in [3.8, 4) is 6.07 Å². The van der Waals surface area contributed by atoms with E-state index in [1.807, 2.05) is 6.26 Å². The van der Waals surface area contributed by atoms with Crippen LogP contribution < -0.4 is 5.32 Å². The van der Waals surface area contributed by atoms with Crippen molar-refractivity contribution in [3.05, 3.63) is 11.8 Å². The molecule has 2 heterocycles. The first-order valence-corrected chi connectivity index (χ1v) is 7.13. The Hall–Kier alpha value is -1.32. The van der Waals surface area contributed by atoms with Gasteiger partial charge in [-0.1, -0.05) is 11.8 Å². The Morgan fingerprint density at radius 1 is 1.56 bits per heavy atom. The number of thioether (sulfide) groups is 1. The van der Waals surface area contributed by atoms with E-state index in [0.717, 1.165) is 26.1 Å². The van der Waals surface area contributed by atoms with Gasteiger partial charge in [-0.05, 0) is 19.1 Å². The van der Waals surface area contributed by atoms with Gasteiger partial charge in [-0.25, -0.2) is 9.97 Å². The van der Waals surface area contributed by atoms with Gasteiger partial charge < -0.3 is 10.1 Å². The first-order valence-electron chi connectivity index (χ1n) is 5.90. The summed E-state index contributed by atoms with van der Waals surface area (Å²) in [6, 6.07) is 2.54. The van der Waals surface area contributed by atoms with Crippen LogP contribution in [0.5, 0.6) is 0 Å². The fourth-order valence-corrected chi connectivity index (χ4v) is 2.90. The third kappa shape index (κ3) is 1.93. The van der Waals surface area contributed by atoms with Gasteiger partial charge >= 0.3 is 0 Å². The van der Waals surface area contributed by atoms with Gasteiger partial charge in [0.25, 0.3) is 0 Å². The second-order valence-corrected chi connectivity index (χ2v) is 5.75. The highest BCUT2D eigenvalue weighted by Crippen LogP contribution is 2.47. The smallest absolute Gasteiger partial charge is 0.189 e. The van der Waals surface area contributed by atoms with Crippen molar-refractivity contribution in [1.82, 2.24) is 9.97 Å². The predicted molar refractivity (Wildman–Crippen MR) is 68.4 cm³/mol. The Kier molecular flexibility index (Phi) is 2.88. The van der Waals surface area contributed by atoms with Crippen LogP contribution in [0.15, 0.2) is 11.4 Å². The number of aromatic nitrogens is 2. The molecular formula is C12H14N4OS. The van der Waals surface area contributed by atoms with E-state index in [2.05, 4.69) is 21.4 Å². The van der Waals surface area contributed by atoms with E-state index in [9.17, 15) is 0 Å². The molecule has 0 radical (unpaired) electrons. The van der Waals surface area contributed by atoms with Crippen molar-refractivity contribution >= 4 is 17.6 Å². The van der Waals surface area contributed by atoms with E-state index in [1.165, 1.54) is 11.8 Å². The topological polar surface area (TPSA) is 70.8 Å². The van der Waals surface area contributed by atoms with Crippen molar-refractivity contribution in [2.75, 3.05) is 24.8 Å². The van der Waals surface area contributed by atoms with Crippen LogP contribution in [-0.2, 0) is 4.74 Å². The molecule has 3 rings (SSSR count). The van der Waals surface area contributed by atoms with Crippen LogP contribution in [0.25, 0.3) is 0 Å². The zero-order valence-corrected chi connectivity index (χ0v) is 11.0. The van der Waals surface area contributed by atoms with Crippen molar-refractivity contribution in [3.63, 3.8) is 0 Å². The summed E-state index contributed by atoms with van der Waals surface area (Å²) in [6.07, 6.45) is 5.73. The van der Waals surface area contributed by atoms with Gasteiger partial charge in [-0.15, -0.1) is 0 Å². The molecule has 5 nitrogen and oxygen atoms in total. The number of nitrogens with zero attached hydrogens (tertiary/aromatic N) is 3. The molecule has 1 saturated heterocycles. The SMILES string of the molecule is CSc1ncc(C#N)c(NC2CC3(COC3)C2)n1. The summed E-state index contributed by atoms with van der Waals surface area (Å²) in [5, 5.41) is 13.1. The fraction of sp³-hybridized carbons (Fsp3) is 0.583. The van der Waals surface area contributed by atoms with E-state index in [0.29, 0.717) is 28.0 Å². The molecule has 1 aliphatic carbocycles. The van der Waals surface area contributed by atoms with E-state index in [1.54, 1.807) is 6.20 Å². The Morgan fingerprint density at radius 2 is 2.33 bits per heavy atom. The zero-order valence-electron chi connectivity index (χ0n) is 10.1. The molecule has 6 heteroatoms. The molecule has 2 aliphatic rings. The first kappa shape index (κ1) is 11.8. The molecule has 0 bridgehead atoms. The van der Waals surface area contributed by atoms with Crippen LogP contribution in [0.1, 0.15) is 18.4 Å². The minimum Gasteiger partial charge on any atom is -0.380 e. The maximum Gasteiger partial charge on any atom is 0.189 e. The molecule has 0 atom stereocenters. The van der Waals surface area contributed by atoms with Gasteiger partial charge in [0.15, 0.2) is 5.16 Å². The van der Waals surface area contributed by atoms with Crippen molar-refractivity contribution in [2.45, 2.75) is 24.0 Å².